The quantitative estimate of drug-likeness (QED) is 0.540. The van der Waals surface area contributed by atoms with Gasteiger partial charge in [0, 0.05) is 6.42 Å². The van der Waals surface area contributed by atoms with Crippen LogP contribution in [0.4, 0.5) is 0 Å². The first kappa shape index (κ1) is 12.0. The minimum Gasteiger partial charge on any atom is -0.271 e. The Labute approximate surface area is 102 Å². The van der Waals surface area contributed by atoms with Gasteiger partial charge in [-0.15, -0.1) is 15.3 Å². The van der Waals surface area contributed by atoms with Gasteiger partial charge in [-0.1, -0.05) is 11.4 Å². The van der Waals surface area contributed by atoms with E-state index in [-0.39, 0.29) is 6.04 Å². The molecule has 0 aromatic carbocycles. The van der Waals surface area contributed by atoms with Crippen LogP contribution in [0, 0.1) is 0 Å². The molecule has 92 valence electrons. The fourth-order valence-electron chi connectivity index (χ4n) is 1.54. The summed E-state index contributed by atoms with van der Waals surface area (Å²) in [4.78, 5) is 2.46. The van der Waals surface area contributed by atoms with Crippen LogP contribution in [0.1, 0.15) is 29.4 Å². The van der Waals surface area contributed by atoms with Crippen LogP contribution in [0.3, 0.4) is 0 Å². The van der Waals surface area contributed by atoms with E-state index in [0.717, 1.165) is 17.0 Å². The second kappa shape index (κ2) is 5.25. The average molecular weight is 254 g/mol. The largest absolute Gasteiger partial charge is 0.271 e. The fourth-order valence-corrected chi connectivity index (χ4v) is 2.34. The minimum atomic E-state index is -0.0749. The summed E-state index contributed by atoms with van der Waals surface area (Å²) in [6.45, 7) is 2.04. The number of nitrogens with two attached hydrogens (primary N) is 1. The second-order valence-corrected chi connectivity index (χ2v) is 4.34. The minimum absolute atomic E-state index is 0.0749. The molecule has 1 unspecified atom stereocenters. The van der Waals surface area contributed by atoms with Crippen molar-refractivity contribution >= 4 is 11.5 Å². The van der Waals surface area contributed by atoms with Gasteiger partial charge in [0.25, 0.3) is 0 Å². The van der Waals surface area contributed by atoms with Gasteiger partial charge in [0.15, 0.2) is 5.82 Å². The number of aromatic nitrogens is 6. The Hall–Kier alpha value is -1.45. The van der Waals surface area contributed by atoms with Gasteiger partial charge in [-0.25, -0.2) is 0 Å². The molecule has 2 aromatic heterocycles. The summed E-state index contributed by atoms with van der Waals surface area (Å²) in [6.07, 6.45) is 1.40. The zero-order chi connectivity index (χ0) is 12.3. The predicted molar refractivity (Wildman–Crippen MR) is 61.9 cm³/mol. The van der Waals surface area contributed by atoms with Gasteiger partial charge in [0.2, 0.25) is 0 Å². The maximum absolute atomic E-state index is 5.56. The smallest absolute Gasteiger partial charge is 0.176 e. The van der Waals surface area contributed by atoms with Crippen LogP contribution >= 0.6 is 11.5 Å². The highest BCUT2D eigenvalue weighted by Crippen LogP contribution is 2.22. The van der Waals surface area contributed by atoms with Crippen molar-refractivity contribution in [3.8, 4) is 0 Å². The first-order valence-corrected chi connectivity index (χ1v) is 6.02. The van der Waals surface area contributed by atoms with Crippen molar-refractivity contribution in [2.75, 3.05) is 0 Å². The predicted octanol–water partition coefficient (Wildman–Crippen LogP) is -0.629. The van der Waals surface area contributed by atoms with Crippen molar-refractivity contribution in [2.24, 2.45) is 12.9 Å². The van der Waals surface area contributed by atoms with E-state index in [4.69, 9.17) is 5.84 Å². The van der Waals surface area contributed by atoms with Crippen molar-refractivity contribution in [3.63, 3.8) is 0 Å². The first-order chi connectivity index (χ1) is 8.24. The van der Waals surface area contributed by atoms with E-state index in [2.05, 4.69) is 30.4 Å². The van der Waals surface area contributed by atoms with Crippen molar-refractivity contribution < 1.29 is 0 Å². The number of hydrogen-bond donors (Lipinski definition) is 2. The number of hydrogen-bond acceptors (Lipinski definition) is 8. The Morgan fingerprint density at radius 3 is 2.88 bits per heavy atom. The molecule has 0 saturated carbocycles. The van der Waals surface area contributed by atoms with Gasteiger partial charge in [-0.3, -0.25) is 11.3 Å². The van der Waals surface area contributed by atoms with Gasteiger partial charge in [-0.05, 0) is 23.2 Å². The molecule has 17 heavy (non-hydrogen) atoms. The van der Waals surface area contributed by atoms with Crippen LogP contribution in [0.25, 0.3) is 0 Å². The Bertz CT molecular complexity index is 477. The van der Waals surface area contributed by atoms with Crippen LogP contribution in [-0.2, 0) is 19.9 Å². The summed E-state index contributed by atoms with van der Waals surface area (Å²) in [5.41, 5.74) is 3.71. The molecule has 0 aliphatic heterocycles. The molecule has 3 N–H and O–H groups in total. The molecule has 2 aromatic rings. The second-order valence-electron chi connectivity index (χ2n) is 3.56. The SMILES string of the molecule is CCc1nnsc1C(Cc1nnn(C)n1)NN. The fraction of sp³-hybridized carbons (Fsp3) is 0.625. The molecule has 2 heterocycles. The van der Waals surface area contributed by atoms with E-state index in [1.54, 1.807) is 7.05 Å². The zero-order valence-corrected chi connectivity index (χ0v) is 10.5. The highest BCUT2D eigenvalue weighted by Gasteiger charge is 2.19. The number of aryl methyl sites for hydroxylation is 2. The van der Waals surface area contributed by atoms with Crippen LogP contribution in [0.15, 0.2) is 0 Å². The van der Waals surface area contributed by atoms with E-state index in [9.17, 15) is 0 Å². The van der Waals surface area contributed by atoms with E-state index in [1.807, 2.05) is 6.92 Å². The maximum atomic E-state index is 5.56. The monoisotopic (exact) mass is 254 g/mol. The van der Waals surface area contributed by atoms with Gasteiger partial charge >= 0.3 is 0 Å². The van der Waals surface area contributed by atoms with Crippen molar-refractivity contribution in [3.05, 3.63) is 16.4 Å². The molecule has 0 amide bonds. The van der Waals surface area contributed by atoms with E-state index < -0.39 is 0 Å². The summed E-state index contributed by atoms with van der Waals surface area (Å²) >= 11 is 1.35. The maximum Gasteiger partial charge on any atom is 0.176 e. The molecule has 0 bridgehead atoms. The van der Waals surface area contributed by atoms with E-state index in [1.165, 1.54) is 16.3 Å². The molecule has 9 heteroatoms. The number of nitrogens with zero attached hydrogens (tertiary/aromatic N) is 6. The topological polar surface area (TPSA) is 107 Å². The molecule has 0 radical (unpaired) electrons. The van der Waals surface area contributed by atoms with Crippen LogP contribution in [0.2, 0.25) is 0 Å². The Morgan fingerprint density at radius 1 is 1.47 bits per heavy atom. The summed E-state index contributed by atoms with van der Waals surface area (Å²) in [7, 11) is 1.73. The summed E-state index contributed by atoms with van der Waals surface area (Å²) < 4.78 is 3.94. The molecule has 1 atom stereocenters. The molecule has 0 spiro atoms. The third-order valence-electron chi connectivity index (χ3n) is 2.37. The summed E-state index contributed by atoms with van der Waals surface area (Å²) in [6, 6.07) is -0.0749. The molecule has 8 nitrogen and oxygen atoms in total. The zero-order valence-electron chi connectivity index (χ0n) is 9.66. The average Bonchev–Trinajstić information content (AvgIpc) is 2.94. The van der Waals surface area contributed by atoms with E-state index >= 15 is 0 Å². The number of hydrazine groups is 1. The van der Waals surface area contributed by atoms with E-state index in [0.29, 0.717) is 12.2 Å². The highest BCUT2D eigenvalue weighted by atomic mass is 32.1. The van der Waals surface area contributed by atoms with Gasteiger partial charge in [0.05, 0.1) is 23.7 Å². The number of nitrogens with one attached hydrogen (secondary N) is 1. The molecular formula is C8H14N8S. The van der Waals surface area contributed by atoms with Crippen LogP contribution in [0.5, 0.6) is 0 Å². The van der Waals surface area contributed by atoms with Crippen LogP contribution < -0.4 is 11.3 Å². The molecule has 0 aliphatic rings. The summed E-state index contributed by atoms with van der Waals surface area (Å²) in [5.74, 6) is 6.20. The third-order valence-corrected chi connectivity index (χ3v) is 3.25. The Kier molecular flexibility index (Phi) is 3.71. The Morgan fingerprint density at radius 2 is 2.29 bits per heavy atom. The summed E-state index contributed by atoms with van der Waals surface area (Å²) in [5, 5.41) is 15.9. The standard InChI is InChI=1S/C8H14N8S/c1-3-5-8(17-15-11-5)6(10-9)4-7-12-14-16(2)13-7/h6,10H,3-4,9H2,1-2H3. The number of tetrazole rings is 1. The third kappa shape index (κ3) is 2.62. The molecule has 0 aliphatic carbocycles. The molecule has 2 rings (SSSR count). The van der Waals surface area contributed by atoms with Crippen LogP contribution in [-0.4, -0.2) is 29.8 Å². The molecular weight excluding hydrogens is 240 g/mol. The van der Waals surface area contributed by atoms with Gasteiger partial charge < -0.3 is 0 Å². The molecule has 0 saturated heterocycles. The molecule has 0 fully saturated rings. The lowest BCUT2D eigenvalue weighted by atomic mass is 10.1. The lowest BCUT2D eigenvalue weighted by Crippen LogP contribution is -2.30. The van der Waals surface area contributed by atoms with Crippen molar-refractivity contribution in [2.45, 2.75) is 25.8 Å². The van der Waals surface area contributed by atoms with Crippen molar-refractivity contribution in [1.82, 2.24) is 35.2 Å². The Balaban J connectivity index is 2.16. The lowest BCUT2D eigenvalue weighted by Gasteiger charge is -2.12. The van der Waals surface area contributed by atoms with Gasteiger partial charge in [0.1, 0.15) is 0 Å². The van der Waals surface area contributed by atoms with Crippen molar-refractivity contribution in [1.29, 1.82) is 0 Å². The first-order valence-electron chi connectivity index (χ1n) is 5.24. The normalized spacial score (nSPS) is 12.9. The number of rotatable bonds is 5. The van der Waals surface area contributed by atoms with Gasteiger partial charge in [-0.2, -0.15) is 4.80 Å². The lowest BCUT2D eigenvalue weighted by molar-refractivity contribution is 0.539. The highest BCUT2D eigenvalue weighted by molar-refractivity contribution is 7.05.